The molecule has 1 heterocycles. The first-order chi connectivity index (χ1) is 21.1. The van der Waals surface area contributed by atoms with E-state index in [2.05, 4.69) is 25.5 Å². The Balaban J connectivity index is 1.86. The quantitative estimate of drug-likeness (QED) is 0.105. The van der Waals surface area contributed by atoms with Gasteiger partial charge in [0.25, 0.3) is 5.56 Å². The number of allylic oxidation sites excluding steroid dienone is 1. The smallest absolute Gasteiger partial charge is 0.344 e. The highest BCUT2D eigenvalue weighted by Crippen LogP contribution is 2.35. The maximum Gasteiger partial charge on any atom is 0.344 e. The van der Waals surface area contributed by atoms with E-state index in [4.69, 9.17) is 23.9 Å². The summed E-state index contributed by atoms with van der Waals surface area (Å²) in [6.07, 6.45) is 3.49. The van der Waals surface area contributed by atoms with E-state index in [0.29, 0.717) is 40.2 Å². The van der Waals surface area contributed by atoms with Crippen LogP contribution in [0, 0.1) is 6.92 Å². The van der Waals surface area contributed by atoms with Crippen molar-refractivity contribution >= 4 is 23.1 Å². The number of nitrogens with zero attached hydrogens (tertiary/aromatic N) is 3. The van der Waals surface area contributed by atoms with Crippen molar-refractivity contribution in [3.63, 3.8) is 0 Å². The van der Waals surface area contributed by atoms with E-state index in [1.54, 1.807) is 51.4 Å². The molecule has 0 bridgehead atoms. The number of aryl methyl sites for hydroxylation is 1. The van der Waals surface area contributed by atoms with Gasteiger partial charge in [0.2, 0.25) is 0 Å². The average Bonchev–Trinajstić information content (AvgIpc) is 2.99. The molecule has 44 heavy (non-hydrogen) atoms. The molecule has 0 unspecified atom stereocenters. The van der Waals surface area contributed by atoms with E-state index < -0.39 is 5.97 Å². The first-order valence-corrected chi connectivity index (χ1v) is 14.5. The fourth-order valence-corrected chi connectivity index (χ4v) is 4.91. The van der Waals surface area contributed by atoms with Crippen molar-refractivity contribution < 1.29 is 23.7 Å². The Labute approximate surface area is 257 Å². The van der Waals surface area contributed by atoms with Crippen molar-refractivity contribution in [3.8, 4) is 28.6 Å². The molecule has 0 aliphatic rings. The van der Waals surface area contributed by atoms with E-state index in [0.717, 1.165) is 28.0 Å². The third-order valence-electron chi connectivity index (χ3n) is 6.96. The third kappa shape index (κ3) is 6.99. The van der Waals surface area contributed by atoms with Crippen molar-refractivity contribution in [3.05, 3.63) is 93.8 Å². The molecule has 4 rings (SSSR count). The zero-order valence-corrected chi connectivity index (χ0v) is 26.3. The molecule has 3 aromatic carbocycles. The fourth-order valence-electron chi connectivity index (χ4n) is 4.91. The number of rotatable bonds is 12. The molecule has 0 N–H and O–H groups in total. The van der Waals surface area contributed by atoms with Gasteiger partial charge >= 0.3 is 5.97 Å². The largest absolute Gasteiger partial charge is 0.496 e. The number of hydrogen-bond acceptors (Lipinski definition) is 8. The van der Waals surface area contributed by atoms with Gasteiger partial charge in [0, 0.05) is 11.1 Å². The second-order valence-electron chi connectivity index (χ2n) is 10.9. The number of fused-ring (bicyclic) bond motifs is 1. The number of ether oxygens (including phenoxy) is 4. The topological polar surface area (TPSA) is 101 Å². The van der Waals surface area contributed by atoms with Crippen molar-refractivity contribution in [2.45, 2.75) is 53.1 Å². The van der Waals surface area contributed by atoms with Crippen molar-refractivity contribution in [2.75, 3.05) is 20.8 Å². The lowest BCUT2D eigenvalue weighted by molar-refractivity contribution is -0.149. The van der Waals surface area contributed by atoms with Crippen LogP contribution in [-0.2, 0) is 16.0 Å². The van der Waals surface area contributed by atoms with Crippen LogP contribution >= 0.6 is 0 Å². The molecule has 0 radical (unpaired) electrons. The lowest BCUT2D eigenvalue weighted by Crippen LogP contribution is -2.21. The lowest BCUT2D eigenvalue weighted by Gasteiger charge is -2.17. The van der Waals surface area contributed by atoms with Gasteiger partial charge in [-0.3, -0.25) is 4.79 Å². The van der Waals surface area contributed by atoms with Gasteiger partial charge < -0.3 is 18.9 Å². The molecule has 1 aromatic heterocycles. The highest BCUT2D eigenvalue weighted by atomic mass is 16.6. The van der Waals surface area contributed by atoms with Crippen LogP contribution in [0.2, 0.25) is 0 Å². The molecule has 0 spiro atoms. The van der Waals surface area contributed by atoms with Gasteiger partial charge in [-0.15, -0.1) is 6.58 Å². The Morgan fingerprint density at radius 1 is 1.05 bits per heavy atom. The van der Waals surface area contributed by atoms with E-state index in [9.17, 15) is 9.59 Å². The number of aromatic nitrogens is 2. The number of hydrogen-bond donors (Lipinski definition) is 0. The predicted molar refractivity (Wildman–Crippen MR) is 173 cm³/mol. The molecule has 0 saturated carbocycles. The van der Waals surface area contributed by atoms with Crippen LogP contribution in [0.1, 0.15) is 55.9 Å². The van der Waals surface area contributed by atoms with Crippen LogP contribution in [0.15, 0.2) is 71.1 Å². The Morgan fingerprint density at radius 3 is 2.43 bits per heavy atom. The van der Waals surface area contributed by atoms with Gasteiger partial charge in [0.1, 0.15) is 5.75 Å². The average molecular weight is 598 g/mol. The Bertz CT molecular complexity index is 1770. The fraction of sp³-hybridized carbons (Fsp3) is 0.314. The SMILES string of the molecule is C=CCc1cc(C=Nn2c(-c3cc(C(C)C)c(OC)cc3C)nc3ccccc3c2=O)cc(OC)c1OCC(=O)OC(C)C. The summed E-state index contributed by atoms with van der Waals surface area (Å²) < 4.78 is 23.6. The molecule has 0 saturated heterocycles. The Morgan fingerprint density at radius 2 is 1.77 bits per heavy atom. The van der Waals surface area contributed by atoms with Gasteiger partial charge in [-0.25, -0.2) is 9.78 Å². The Hall–Kier alpha value is -4.92. The summed E-state index contributed by atoms with van der Waals surface area (Å²) >= 11 is 0. The maximum absolute atomic E-state index is 13.9. The third-order valence-corrected chi connectivity index (χ3v) is 6.96. The molecular weight excluding hydrogens is 558 g/mol. The molecule has 0 amide bonds. The standard InChI is InChI=1S/C35H39N3O6/c1-9-12-25-16-24(17-31(42-8)33(25)43-20-32(39)44-22(4)5)19-36-38-34(37-29-14-11-10-13-26(29)35(38)40)28-18-27(21(2)3)30(41-7)15-23(28)6/h9-11,13-19,21-22H,1,12,20H2,2-8H3. The molecule has 9 nitrogen and oxygen atoms in total. The summed E-state index contributed by atoms with van der Waals surface area (Å²) in [6.45, 7) is 13.3. The minimum atomic E-state index is -0.484. The number of benzene rings is 3. The summed E-state index contributed by atoms with van der Waals surface area (Å²) in [4.78, 5) is 30.9. The van der Waals surface area contributed by atoms with Crippen molar-refractivity contribution in [2.24, 2.45) is 5.10 Å². The second kappa shape index (κ2) is 14.0. The van der Waals surface area contributed by atoms with Crippen LogP contribution in [-0.4, -0.2) is 48.8 Å². The van der Waals surface area contributed by atoms with Crippen LogP contribution < -0.4 is 19.8 Å². The predicted octanol–water partition coefficient (Wildman–Crippen LogP) is 6.45. The molecular formula is C35H39N3O6. The highest BCUT2D eigenvalue weighted by molar-refractivity contribution is 5.84. The number of methoxy groups -OCH3 is 2. The number of carbonyl (C=O) groups excluding carboxylic acids is 1. The molecule has 0 fully saturated rings. The zero-order valence-electron chi connectivity index (χ0n) is 26.3. The number of esters is 1. The summed E-state index contributed by atoms with van der Waals surface area (Å²) in [6, 6.07) is 14.8. The number of para-hydroxylation sites is 1. The maximum atomic E-state index is 13.9. The van der Waals surface area contributed by atoms with Crippen LogP contribution in [0.25, 0.3) is 22.3 Å². The molecule has 230 valence electrons. The van der Waals surface area contributed by atoms with Gasteiger partial charge in [-0.1, -0.05) is 32.1 Å². The van der Waals surface area contributed by atoms with E-state index in [-0.39, 0.29) is 24.2 Å². The van der Waals surface area contributed by atoms with Crippen LogP contribution in [0.3, 0.4) is 0 Å². The zero-order chi connectivity index (χ0) is 32.0. The summed E-state index contributed by atoms with van der Waals surface area (Å²) in [5.74, 6) is 1.69. The molecule has 0 atom stereocenters. The van der Waals surface area contributed by atoms with Gasteiger partial charge in [0.15, 0.2) is 23.9 Å². The molecule has 9 heteroatoms. The highest BCUT2D eigenvalue weighted by Gasteiger charge is 2.19. The molecule has 0 aliphatic heterocycles. The normalized spacial score (nSPS) is 11.4. The van der Waals surface area contributed by atoms with E-state index in [1.165, 1.54) is 11.8 Å². The van der Waals surface area contributed by atoms with Gasteiger partial charge in [-0.05, 0) is 86.2 Å². The van der Waals surface area contributed by atoms with Gasteiger partial charge in [0.05, 0.1) is 37.4 Å². The first-order valence-electron chi connectivity index (χ1n) is 14.5. The second-order valence-corrected chi connectivity index (χ2v) is 10.9. The van der Waals surface area contributed by atoms with Crippen molar-refractivity contribution in [1.82, 2.24) is 9.66 Å². The summed E-state index contributed by atoms with van der Waals surface area (Å²) in [7, 11) is 3.17. The van der Waals surface area contributed by atoms with E-state index >= 15 is 0 Å². The van der Waals surface area contributed by atoms with Crippen LogP contribution in [0.4, 0.5) is 0 Å². The minimum absolute atomic E-state index is 0.178. The van der Waals surface area contributed by atoms with E-state index in [1.807, 2.05) is 37.3 Å². The summed E-state index contributed by atoms with van der Waals surface area (Å²) in [5, 5.41) is 5.11. The summed E-state index contributed by atoms with van der Waals surface area (Å²) in [5.41, 5.74) is 4.32. The van der Waals surface area contributed by atoms with Gasteiger partial charge in [-0.2, -0.15) is 9.78 Å². The minimum Gasteiger partial charge on any atom is -0.496 e. The Kier molecular flexibility index (Phi) is 10.2. The van der Waals surface area contributed by atoms with Crippen LogP contribution in [0.5, 0.6) is 17.2 Å². The number of carbonyl (C=O) groups is 1. The lowest BCUT2D eigenvalue weighted by atomic mass is 9.96. The molecule has 0 aliphatic carbocycles. The first kappa shape index (κ1) is 32.0. The monoisotopic (exact) mass is 597 g/mol. The molecule has 4 aromatic rings. The van der Waals surface area contributed by atoms with Crippen molar-refractivity contribution in [1.29, 1.82) is 0 Å².